The van der Waals surface area contributed by atoms with Gasteiger partial charge in [-0.05, 0) is 78.6 Å². The Balaban J connectivity index is 0.00000289. The zero-order valence-electron chi connectivity index (χ0n) is 19.1. The topological polar surface area (TPSA) is 118 Å². The van der Waals surface area contributed by atoms with Crippen molar-refractivity contribution < 1.29 is 61.1 Å². The normalized spacial score (nSPS) is 14.4. The van der Waals surface area contributed by atoms with E-state index in [1.165, 1.54) is 0 Å². The van der Waals surface area contributed by atoms with Crippen molar-refractivity contribution in [1.82, 2.24) is 0 Å². The van der Waals surface area contributed by atoms with E-state index in [0.717, 1.165) is 31.2 Å². The van der Waals surface area contributed by atoms with Crippen molar-refractivity contribution in [3.05, 3.63) is 56.5 Å². The first-order valence-corrected chi connectivity index (χ1v) is 14.6. The van der Waals surface area contributed by atoms with Gasteiger partial charge >= 0.3 is 40.0 Å². The van der Waals surface area contributed by atoms with E-state index in [0.29, 0.717) is 38.5 Å². The van der Waals surface area contributed by atoms with Crippen LogP contribution >= 0.6 is 31.9 Å². The molecule has 12 heteroatoms. The van der Waals surface area contributed by atoms with E-state index < -0.39 is 25.9 Å². The van der Waals surface area contributed by atoms with E-state index in [1.807, 2.05) is 12.1 Å². The molecule has 2 N–H and O–H groups in total. The summed E-state index contributed by atoms with van der Waals surface area (Å²) in [5.41, 5.74) is 4.07. The quantitative estimate of drug-likeness (QED) is 0.221. The Bertz CT molecular complexity index is 1160. The molecule has 0 spiro atoms. The molecule has 1 aliphatic carbocycles. The Morgan fingerprint density at radius 2 is 1.30 bits per heavy atom. The van der Waals surface area contributed by atoms with Gasteiger partial charge in [0.2, 0.25) is 0 Å². The van der Waals surface area contributed by atoms with Crippen LogP contribution in [0.2, 0.25) is 0 Å². The second-order valence-corrected chi connectivity index (χ2v) is 12.4. The molecular formula is C21H25Br2NaO7S2. The summed E-state index contributed by atoms with van der Waals surface area (Å²) >= 11 is 7.13. The van der Waals surface area contributed by atoms with Gasteiger partial charge in [-0.2, -0.15) is 16.8 Å². The summed E-state index contributed by atoms with van der Waals surface area (Å²) in [4.78, 5) is 0. The molecule has 0 aromatic heterocycles. The van der Waals surface area contributed by atoms with Crippen LogP contribution in [-0.2, 0) is 30.1 Å². The van der Waals surface area contributed by atoms with E-state index in [-0.39, 0.29) is 43.3 Å². The average Bonchev–Trinajstić information content (AvgIpc) is 2.92. The number of rotatable bonds is 11. The van der Waals surface area contributed by atoms with Gasteiger partial charge in [0.15, 0.2) is 0 Å². The van der Waals surface area contributed by atoms with Gasteiger partial charge in [0.25, 0.3) is 10.1 Å². The fraction of sp³-hybridized carbons (Fsp3) is 0.429. The molecule has 0 aliphatic heterocycles. The smallest absolute Gasteiger partial charge is 1.00 e. The molecule has 0 bridgehead atoms. The second kappa shape index (κ2) is 11.9. The largest absolute Gasteiger partial charge is 1.00 e. The first-order valence-electron chi connectivity index (χ1n) is 10.1. The van der Waals surface area contributed by atoms with Gasteiger partial charge in [0.1, 0.15) is 0 Å². The Morgan fingerprint density at radius 3 is 1.76 bits per heavy atom. The Kier molecular flexibility index (Phi) is 10.6. The summed E-state index contributed by atoms with van der Waals surface area (Å²) in [6.45, 7) is -0.117. The van der Waals surface area contributed by atoms with Gasteiger partial charge in [0.05, 0.1) is 12.4 Å². The van der Waals surface area contributed by atoms with Crippen LogP contribution in [0.1, 0.15) is 51.1 Å². The standard InChI is InChI=1S/C21H24Br2O7S2.Na.H/c22-15-5-7-17-18-8-6-16(23)14-20(18)21(19(17)13-15,10-2-4-12-31(24,25)26)9-1-3-11-30-32(27,28)29;;/h5-8,13-14H,1-4,9-12H2,(H,24,25,26)(H,27,28,29);;/q;+1;-1. The maximum atomic E-state index is 11.2. The summed E-state index contributed by atoms with van der Waals surface area (Å²) in [7, 11) is -8.50. The number of fused-ring (bicyclic) bond motifs is 3. The molecule has 0 unspecified atom stereocenters. The molecule has 0 amide bonds. The third kappa shape index (κ3) is 7.83. The van der Waals surface area contributed by atoms with Gasteiger partial charge < -0.3 is 1.43 Å². The summed E-state index contributed by atoms with van der Waals surface area (Å²) < 4.78 is 68.2. The number of benzene rings is 2. The van der Waals surface area contributed by atoms with E-state index >= 15 is 0 Å². The van der Waals surface area contributed by atoms with Crippen LogP contribution in [0.15, 0.2) is 45.3 Å². The van der Waals surface area contributed by atoms with Crippen LogP contribution in [0, 0.1) is 0 Å². The van der Waals surface area contributed by atoms with Crippen molar-refractivity contribution in [3.8, 4) is 11.1 Å². The number of hydrogen-bond donors (Lipinski definition) is 2. The van der Waals surface area contributed by atoms with Crippen LogP contribution in [0.25, 0.3) is 11.1 Å². The van der Waals surface area contributed by atoms with Crippen molar-refractivity contribution in [3.63, 3.8) is 0 Å². The fourth-order valence-corrected chi connectivity index (χ4v) is 6.13. The van der Waals surface area contributed by atoms with Crippen molar-refractivity contribution in [1.29, 1.82) is 0 Å². The van der Waals surface area contributed by atoms with Crippen LogP contribution < -0.4 is 29.6 Å². The maximum absolute atomic E-state index is 11.2. The first kappa shape index (κ1) is 29.4. The predicted molar refractivity (Wildman–Crippen MR) is 131 cm³/mol. The monoisotopic (exact) mass is 634 g/mol. The van der Waals surface area contributed by atoms with Gasteiger partial charge in [-0.15, -0.1) is 0 Å². The number of halogens is 2. The molecule has 1 aliphatic rings. The molecule has 0 saturated carbocycles. The molecule has 33 heavy (non-hydrogen) atoms. The van der Waals surface area contributed by atoms with E-state index in [4.69, 9.17) is 9.11 Å². The fourth-order valence-electron chi connectivity index (χ4n) is 4.51. The van der Waals surface area contributed by atoms with E-state index in [2.05, 4.69) is 60.3 Å². The minimum Gasteiger partial charge on any atom is -1.00 e. The summed E-state index contributed by atoms with van der Waals surface area (Å²) in [6.07, 6.45) is 3.32. The minimum absolute atomic E-state index is 0. The Labute approximate surface area is 235 Å². The molecule has 0 heterocycles. The maximum Gasteiger partial charge on any atom is 1.00 e. The molecule has 0 saturated heterocycles. The first-order chi connectivity index (χ1) is 14.9. The zero-order valence-corrected chi connectivity index (χ0v) is 24.9. The molecule has 7 nitrogen and oxygen atoms in total. The van der Waals surface area contributed by atoms with Crippen LogP contribution in [0.5, 0.6) is 0 Å². The second-order valence-electron chi connectivity index (χ2n) is 7.91. The molecule has 3 rings (SSSR count). The summed E-state index contributed by atoms with van der Waals surface area (Å²) in [5, 5.41) is 0. The third-order valence-electron chi connectivity index (χ3n) is 5.77. The SMILES string of the molecule is O=S(=O)(O)CCCCC1(CCCCOS(=O)(=O)O)c2cc(Br)ccc2-c2ccc(Br)cc21.[H-].[Na+]. The molecule has 178 valence electrons. The van der Waals surface area contributed by atoms with Crippen molar-refractivity contribution in [2.45, 2.75) is 43.9 Å². The molecule has 0 fully saturated rings. The Hall–Kier alpha value is 0.180. The molecule has 0 radical (unpaired) electrons. The zero-order chi connectivity index (χ0) is 23.6. The molecular weight excluding hydrogens is 611 g/mol. The third-order valence-corrected chi connectivity index (χ3v) is 8.03. The van der Waals surface area contributed by atoms with Crippen molar-refractivity contribution >= 4 is 52.4 Å². The number of unbranched alkanes of at least 4 members (excludes halogenated alkanes) is 2. The average molecular weight is 636 g/mol. The minimum atomic E-state index is -4.47. The molecule has 0 atom stereocenters. The van der Waals surface area contributed by atoms with Gasteiger partial charge in [-0.1, -0.05) is 50.4 Å². The van der Waals surface area contributed by atoms with Crippen LogP contribution in [-0.4, -0.2) is 38.3 Å². The number of hydrogen-bond acceptors (Lipinski definition) is 5. The van der Waals surface area contributed by atoms with E-state index in [9.17, 15) is 16.8 Å². The van der Waals surface area contributed by atoms with Crippen molar-refractivity contribution in [2.75, 3.05) is 12.4 Å². The van der Waals surface area contributed by atoms with Gasteiger partial charge in [-0.25, -0.2) is 4.18 Å². The van der Waals surface area contributed by atoms with Crippen molar-refractivity contribution in [2.24, 2.45) is 0 Å². The van der Waals surface area contributed by atoms with Gasteiger partial charge in [-0.3, -0.25) is 9.11 Å². The van der Waals surface area contributed by atoms with Gasteiger partial charge in [0, 0.05) is 14.4 Å². The molecule has 2 aromatic rings. The van der Waals surface area contributed by atoms with E-state index in [1.54, 1.807) is 0 Å². The Morgan fingerprint density at radius 1 is 0.818 bits per heavy atom. The van der Waals surface area contributed by atoms with Crippen LogP contribution in [0.3, 0.4) is 0 Å². The summed E-state index contributed by atoms with van der Waals surface area (Å²) in [5.74, 6) is -0.290. The predicted octanol–water partition coefficient (Wildman–Crippen LogP) is 2.64. The molecule has 2 aromatic carbocycles. The van der Waals surface area contributed by atoms with Crippen LogP contribution in [0.4, 0.5) is 0 Å². The summed E-state index contributed by atoms with van der Waals surface area (Å²) in [6, 6.07) is 12.3.